The van der Waals surface area contributed by atoms with E-state index in [9.17, 15) is 4.79 Å². The van der Waals surface area contributed by atoms with E-state index in [1.54, 1.807) is 0 Å². The summed E-state index contributed by atoms with van der Waals surface area (Å²) in [6.45, 7) is 6.43. The van der Waals surface area contributed by atoms with Crippen LogP contribution in [-0.2, 0) is 4.79 Å². The Labute approximate surface area is 103 Å². The van der Waals surface area contributed by atoms with Crippen LogP contribution >= 0.6 is 0 Å². The zero-order valence-electron chi connectivity index (χ0n) is 10.8. The highest BCUT2D eigenvalue weighted by atomic mass is 16.2. The van der Waals surface area contributed by atoms with Gasteiger partial charge in [0.25, 0.3) is 0 Å². The van der Waals surface area contributed by atoms with Gasteiger partial charge in [0, 0.05) is 5.92 Å². The third-order valence-corrected chi connectivity index (χ3v) is 3.57. The number of nitrogens with one attached hydrogen (secondary N) is 1. The Kier molecular flexibility index (Phi) is 3.51. The van der Waals surface area contributed by atoms with Gasteiger partial charge < -0.3 is 5.32 Å². The molecule has 0 bridgehead atoms. The number of amides is 1. The van der Waals surface area contributed by atoms with Crippen LogP contribution in [0.25, 0.3) is 0 Å². The minimum atomic E-state index is 0.136. The topological polar surface area (TPSA) is 29.1 Å². The number of benzene rings is 1. The van der Waals surface area contributed by atoms with Crippen molar-refractivity contribution in [3.63, 3.8) is 0 Å². The molecular formula is C15H21NO. The van der Waals surface area contributed by atoms with Crippen molar-refractivity contribution in [3.8, 4) is 0 Å². The highest BCUT2D eigenvalue weighted by Gasteiger charge is 2.40. The molecule has 0 heterocycles. The summed E-state index contributed by atoms with van der Waals surface area (Å²) in [6, 6.07) is 10.4. The van der Waals surface area contributed by atoms with Crippen LogP contribution in [-0.4, -0.2) is 5.91 Å². The van der Waals surface area contributed by atoms with Gasteiger partial charge in [0.15, 0.2) is 0 Å². The van der Waals surface area contributed by atoms with Crippen LogP contribution in [0.15, 0.2) is 30.3 Å². The standard InChI is InChI=1S/C15H21NO/c1-10(2)14(12-7-5-4-6-8-12)16-15(17)13-9-11(13)3/h4-8,10-11,13-14H,9H2,1-3H3,(H,16,17). The SMILES string of the molecule is CC(C)C(NC(=O)C1CC1C)c1ccccc1. The van der Waals surface area contributed by atoms with E-state index in [-0.39, 0.29) is 17.9 Å². The molecule has 92 valence electrons. The molecule has 2 heteroatoms. The zero-order valence-corrected chi connectivity index (χ0v) is 10.8. The fraction of sp³-hybridized carbons (Fsp3) is 0.533. The van der Waals surface area contributed by atoms with Crippen LogP contribution < -0.4 is 5.32 Å². The lowest BCUT2D eigenvalue weighted by Gasteiger charge is -2.23. The molecule has 0 saturated heterocycles. The molecule has 2 nitrogen and oxygen atoms in total. The van der Waals surface area contributed by atoms with Gasteiger partial charge >= 0.3 is 0 Å². The van der Waals surface area contributed by atoms with Crippen molar-refractivity contribution >= 4 is 5.91 Å². The Balaban J connectivity index is 2.06. The molecule has 1 fully saturated rings. The Bertz CT molecular complexity index is 385. The lowest BCUT2D eigenvalue weighted by atomic mass is 9.96. The molecule has 3 atom stereocenters. The molecule has 1 N–H and O–H groups in total. The summed E-state index contributed by atoms with van der Waals surface area (Å²) < 4.78 is 0. The van der Waals surface area contributed by atoms with Gasteiger partial charge in [-0.1, -0.05) is 51.1 Å². The monoisotopic (exact) mass is 231 g/mol. The van der Waals surface area contributed by atoms with Crippen LogP contribution in [0.4, 0.5) is 0 Å². The van der Waals surface area contributed by atoms with E-state index in [1.807, 2.05) is 18.2 Å². The normalized spacial score (nSPS) is 24.5. The maximum Gasteiger partial charge on any atom is 0.223 e. The van der Waals surface area contributed by atoms with Gasteiger partial charge in [-0.2, -0.15) is 0 Å². The van der Waals surface area contributed by atoms with Crippen molar-refractivity contribution in [2.24, 2.45) is 17.8 Å². The summed E-state index contributed by atoms with van der Waals surface area (Å²) in [4.78, 5) is 12.0. The van der Waals surface area contributed by atoms with E-state index in [0.717, 1.165) is 6.42 Å². The van der Waals surface area contributed by atoms with E-state index in [4.69, 9.17) is 0 Å². The zero-order chi connectivity index (χ0) is 12.4. The Morgan fingerprint density at radius 2 is 1.88 bits per heavy atom. The van der Waals surface area contributed by atoms with Gasteiger partial charge in [-0.25, -0.2) is 0 Å². The van der Waals surface area contributed by atoms with E-state index in [2.05, 4.69) is 38.2 Å². The maximum absolute atomic E-state index is 12.0. The van der Waals surface area contributed by atoms with E-state index in [1.165, 1.54) is 5.56 Å². The summed E-state index contributed by atoms with van der Waals surface area (Å²) in [5.41, 5.74) is 1.20. The number of hydrogen-bond donors (Lipinski definition) is 1. The quantitative estimate of drug-likeness (QED) is 0.847. The summed E-state index contributed by atoms with van der Waals surface area (Å²) in [5, 5.41) is 3.19. The second kappa shape index (κ2) is 4.91. The molecule has 17 heavy (non-hydrogen) atoms. The van der Waals surface area contributed by atoms with Gasteiger partial charge in [-0.15, -0.1) is 0 Å². The molecule has 2 rings (SSSR count). The van der Waals surface area contributed by atoms with Crippen LogP contribution in [0.2, 0.25) is 0 Å². The first-order valence-corrected chi connectivity index (χ1v) is 6.45. The van der Waals surface area contributed by atoms with Gasteiger partial charge in [0.05, 0.1) is 6.04 Å². The molecule has 0 aromatic heterocycles. The molecule has 1 aromatic rings. The predicted molar refractivity (Wildman–Crippen MR) is 69.4 cm³/mol. The van der Waals surface area contributed by atoms with Gasteiger partial charge in [-0.3, -0.25) is 4.79 Å². The smallest absolute Gasteiger partial charge is 0.223 e. The average molecular weight is 231 g/mol. The highest BCUT2D eigenvalue weighted by molar-refractivity contribution is 5.81. The highest BCUT2D eigenvalue weighted by Crippen LogP contribution is 2.38. The van der Waals surface area contributed by atoms with Gasteiger partial charge in [0.1, 0.15) is 0 Å². The first-order valence-electron chi connectivity index (χ1n) is 6.45. The largest absolute Gasteiger partial charge is 0.349 e. The summed E-state index contributed by atoms with van der Waals surface area (Å²) in [7, 11) is 0. The minimum Gasteiger partial charge on any atom is -0.349 e. The molecular weight excluding hydrogens is 210 g/mol. The fourth-order valence-corrected chi connectivity index (χ4v) is 2.24. The molecule has 1 aliphatic rings. The maximum atomic E-state index is 12.0. The van der Waals surface area contributed by atoms with Crippen molar-refractivity contribution in [2.75, 3.05) is 0 Å². The molecule has 1 saturated carbocycles. The third kappa shape index (κ3) is 2.87. The first kappa shape index (κ1) is 12.2. The van der Waals surface area contributed by atoms with E-state index >= 15 is 0 Å². The van der Waals surface area contributed by atoms with Crippen LogP contribution in [0.3, 0.4) is 0 Å². The number of carbonyl (C=O) groups is 1. The third-order valence-electron chi connectivity index (χ3n) is 3.57. The van der Waals surface area contributed by atoms with Crippen molar-refractivity contribution in [2.45, 2.75) is 33.2 Å². The molecule has 3 unspecified atom stereocenters. The number of carbonyl (C=O) groups excluding carboxylic acids is 1. The second-order valence-corrected chi connectivity index (χ2v) is 5.46. The first-order chi connectivity index (χ1) is 8.09. The lowest BCUT2D eigenvalue weighted by Crippen LogP contribution is -2.33. The lowest BCUT2D eigenvalue weighted by molar-refractivity contribution is -0.123. The average Bonchev–Trinajstić information content (AvgIpc) is 3.04. The second-order valence-electron chi connectivity index (χ2n) is 5.46. The van der Waals surface area contributed by atoms with Gasteiger partial charge in [-0.05, 0) is 23.8 Å². The van der Waals surface area contributed by atoms with Crippen molar-refractivity contribution in [3.05, 3.63) is 35.9 Å². The van der Waals surface area contributed by atoms with Crippen molar-refractivity contribution in [1.29, 1.82) is 0 Å². The molecule has 1 amide bonds. The summed E-state index contributed by atoms with van der Waals surface area (Å²) in [6.07, 6.45) is 1.05. The summed E-state index contributed by atoms with van der Waals surface area (Å²) >= 11 is 0. The fourth-order valence-electron chi connectivity index (χ4n) is 2.24. The summed E-state index contributed by atoms with van der Waals surface area (Å²) in [5.74, 6) is 1.45. The predicted octanol–water partition coefficient (Wildman–Crippen LogP) is 3.16. The Morgan fingerprint density at radius 3 is 2.35 bits per heavy atom. The van der Waals surface area contributed by atoms with E-state index in [0.29, 0.717) is 11.8 Å². The van der Waals surface area contributed by atoms with Crippen LogP contribution in [0.1, 0.15) is 38.8 Å². The van der Waals surface area contributed by atoms with Gasteiger partial charge in [0.2, 0.25) is 5.91 Å². The van der Waals surface area contributed by atoms with Crippen molar-refractivity contribution < 1.29 is 4.79 Å². The minimum absolute atomic E-state index is 0.136. The molecule has 0 radical (unpaired) electrons. The van der Waals surface area contributed by atoms with E-state index < -0.39 is 0 Å². The molecule has 0 aliphatic heterocycles. The molecule has 1 aliphatic carbocycles. The Morgan fingerprint density at radius 1 is 1.29 bits per heavy atom. The van der Waals surface area contributed by atoms with Crippen LogP contribution in [0, 0.1) is 17.8 Å². The number of rotatable bonds is 4. The van der Waals surface area contributed by atoms with Crippen molar-refractivity contribution in [1.82, 2.24) is 5.32 Å². The van der Waals surface area contributed by atoms with Crippen LogP contribution in [0.5, 0.6) is 0 Å². The molecule has 0 spiro atoms. The molecule has 1 aromatic carbocycles. The number of hydrogen-bond acceptors (Lipinski definition) is 1. The Hall–Kier alpha value is -1.31.